The van der Waals surface area contributed by atoms with Crippen LogP contribution < -0.4 is 0 Å². The van der Waals surface area contributed by atoms with Crippen molar-refractivity contribution in [2.24, 2.45) is 0 Å². The fraction of sp³-hybridized carbons (Fsp3) is 0.217. The Kier molecular flexibility index (Phi) is 5.50. The van der Waals surface area contributed by atoms with E-state index in [1.54, 1.807) is 16.9 Å². The molecule has 3 heterocycles. The molecule has 0 spiro atoms. The first-order chi connectivity index (χ1) is 15.6. The molecule has 1 aliphatic heterocycles. The van der Waals surface area contributed by atoms with Crippen LogP contribution in [0.5, 0.6) is 0 Å². The number of hydrogen-bond donors (Lipinski definition) is 0. The third-order valence-electron chi connectivity index (χ3n) is 5.65. The lowest BCUT2D eigenvalue weighted by Gasteiger charge is -2.22. The van der Waals surface area contributed by atoms with Gasteiger partial charge >= 0.3 is 0 Å². The number of benzene rings is 2. The van der Waals surface area contributed by atoms with Gasteiger partial charge in [0.15, 0.2) is 0 Å². The lowest BCUT2D eigenvalue weighted by atomic mass is 10.0. The van der Waals surface area contributed by atoms with E-state index in [0.29, 0.717) is 18.8 Å². The van der Waals surface area contributed by atoms with Crippen LogP contribution in [0.25, 0.3) is 11.1 Å². The van der Waals surface area contributed by atoms with Crippen molar-refractivity contribution in [2.45, 2.75) is 30.5 Å². The standard InChI is InChI=1S/C23H22N6O2S/c30-32(31,29-14-4-7-22(29)21-12-13-24-17-25-21)23-16-28(27-26-23)15-18-8-10-20(11-9-18)19-5-2-1-3-6-19/h1-3,5-6,8-13,16-17,22H,4,7,14-15H2. The minimum Gasteiger partial charge on any atom is -0.247 e. The van der Waals surface area contributed by atoms with Crippen LogP contribution in [0.3, 0.4) is 0 Å². The molecule has 9 heteroatoms. The zero-order valence-electron chi connectivity index (χ0n) is 17.3. The number of nitrogens with zero attached hydrogens (tertiary/aromatic N) is 6. The van der Waals surface area contributed by atoms with Crippen LogP contribution in [0.2, 0.25) is 0 Å². The van der Waals surface area contributed by atoms with E-state index in [1.165, 1.54) is 16.8 Å². The maximum Gasteiger partial charge on any atom is 0.264 e. The summed E-state index contributed by atoms with van der Waals surface area (Å²) in [7, 11) is -3.77. The molecule has 5 rings (SSSR count). The molecular weight excluding hydrogens is 424 g/mol. The first-order valence-electron chi connectivity index (χ1n) is 10.4. The van der Waals surface area contributed by atoms with Crippen LogP contribution in [0.15, 0.2) is 84.4 Å². The van der Waals surface area contributed by atoms with Gasteiger partial charge in [-0.05, 0) is 35.6 Å². The molecule has 0 aliphatic carbocycles. The van der Waals surface area contributed by atoms with E-state index in [1.807, 2.05) is 30.3 Å². The predicted molar refractivity (Wildman–Crippen MR) is 119 cm³/mol. The van der Waals surface area contributed by atoms with Crippen molar-refractivity contribution < 1.29 is 8.42 Å². The Balaban J connectivity index is 1.33. The average molecular weight is 447 g/mol. The lowest BCUT2D eigenvalue weighted by Crippen LogP contribution is -2.31. The van der Waals surface area contributed by atoms with Gasteiger partial charge < -0.3 is 0 Å². The van der Waals surface area contributed by atoms with Gasteiger partial charge in [-0.15, -0.1) is 5.10 Å². The highest BCUT2D eigenvalue weighted by Gasteiger charge is 2.38. The topological polar surface area (TPSA) is 93.9 Å². The fourth-order valence-corrected chi connectivity index (χ4v) is 5.59. The number of sulfonamides is 1. The Labute approximate surface area is 186 Å². The summed E-state index contributed by atoms with van der Waals surface area (Å²) in [5.74, 6) is 0. The van der Waals surface area contributed by atoms with E-state index >= 15 is 0 Å². The molecule has 0 N–H and O–H groups in total. The normalized spacial score (nSPS) is 16.9. The van der Waals surface area contributed by atoms with Crippen molar-refractivity contribution in [3.8, 4) is 11.1 Å². The van der Waals surface area contributed by atoms with Gasteiger partial charge in [0.25, 0.3) is 10.0 Å². The van der Waals surface area contributed by atoms with E-state index < -0.39 is 10.0 Å². The van der Waals surface area contributed by atoms with E-state index in [9.17, 15) is 8.42 Å². The third kappa shape index (κ3) is 4.04. The second kappa shape index (κ2) is 8.60. The maximum absolute atomic E-state index is 13.3. The van der Waals surface area contributed by atoms with Gasteiger partial charge in [0.05, 0.1) is 24.5 Å². The largest absolute Gasteiger partial charge is 0.264 e. The number of rotatable bonds is 6. The van der Waals surface area contributed by atoms with Gasteiger partial charge in [0, 0.05) is 12.7 Å². The first-order valence-corrected chi connectivity index (χ1v) is 11.9. The molecule has 0 amide bonds. The summed E-state index contributed by atoms with van der Waals surface area (Å²) in [5.41, 5.74) is 3.99. The first kappa shape index (κ1) is 20.5. The minimum atomic E-state index is -3.77. The third-order valence-corrected chi connectivity index (χ3v) is 7.42. The van der Waals surface area contributed by atoms with E-state index in [4.69, 9.17) is 0 Å². The van der Waals surface area contributed by atoms with Gasteiger partial charge in [-0.25, -0.2) is 23.1 Å². The Morgan fingerprint density at radius 3 is 2.50 bits per heavy atom. The van der Waals surface area contributed by atoms with Crippen LogP contribution >= 0.6 is 0 Å². The summed E-state index contributed by atoms with van der Waals surface area (Å²) in [4.78, 5) is 8.17. The molecule has 1 atom stereocenters. The molecule has 0 radical (unpaired) electrons. The van der Waals surface area contributed by atoms with Gasteiger partial charge in [-0.1, -0.05) is 59.8 Å². The summed E-state index contributed by atoms with van der Waals surface area (Å²) in [6.07, 6.45) is 6.06. The Morgan fingerprint density at radius 1 is 0.969 bits per heavy atom. The van der Waals surface area contributed by atoms with Crippen LogP contribution in [-0.4, -0.2) is 44.2 Å². The molecule has 1 saturated heterocycles. The minimum absolute atomic E-state index is 0.0423. The molecule has 1 fully saturated rings. The SMILES string of the molecule is O=S(=O)(c1cn(Cc2ccc(-c3ccccc3)cc2)nn1)N1CCCC1c1ccncn1. The number of aromatic nitrogens is 5. The molecule has 1 aliphatic rings. The summed E-state index contributed by atoms with van der Waals surface area (Å²) >= 11 is 0. The summed E-state index contributed by atoms with van der Waals surface area (Å²) in [5, 5.41) is 7.99. The lowest BCUT2D eigenvalue weighted by molar-refractivity contribution is 0.388. The van der Waals surface area contributed by atoms with Gasteiger partial charge in [-0.2, -0.15) is 4.31 Å². The van der Waals surface area contributed by atoms with Crippen LogP contribution in [0.1, 0.15) is 30.1 Å². The van der Waals surface area contributed by atoms with Gasteiger partial charge in [0.2, 0.25) is 5.03 Å². The van der Waals surface area contributed by atoms with Crippen molar-refractivity contribution in [1.29, 1.82) is 0 Å². The highest BCUT2D eigenvalue weighted by atomic mass is 32.2. The van der Waals surface area contributed by atoms with Crippen LogP contribution in [0, 0.1) is 0 Å². The molecular formula is C23H22N6O2S. The molecule has 2 aromatic carbocycles. The second-order valence-corrected chi connectivity index (χ2v) is 9.56. The van der Waals surface area contributed by atoms with Crippen LogP contribution in [0.4, 0.5) is 0 Å². The predicted octanol–water partition coefficient (Wildman–Crippen LogP) is 3.31. The molecule has 2 aromatic heterocycles. The van der Waals surface area contributed by atoms with Gasteiger partial charge in [-0.3, -0.25) is 0 Å². The monoisotopic (exact) mass is 446 g/mol. The fourth-order valence-electron chi connectivity index (χ4n) is 4.04. The zero-order chi connectivity index (χ0) is 22.0. The second-order valence-electron chi connectivity index (χ2n) is 7.73. The Hall–Kier alpha value is -3.43. The number of hydrogen-bond acceptors (Lipinski definition) is 6. The van der Waals surface area contributed by atoms with Crippen molar-refractivity contribution in [1.82, 2.24) is 29.3 Å². The van der Waals surface area contributed by atoms with Crippen molar-refractivity contribution in [3.05, 3.63) is 90.6 Å². The quantitative estimate of drug-likeness (QED) is 0.451. The Morgan fingerprint density at radius 2 is 1.75 bits per heavy atom. The highest BCUT2D eigenvalue weighted by Crippen LogP contribution is 2.34. The summed E-state index contributed by atoms with van der Waals surface area (Å²) < 4.78 is 29.5. The molecule has 0 bridgehead atoms. The van der Waals surface area contributed by atoms with E-state index in [-0.39, 0.29) is 11.1 Å². The molecule has 0 saturated carbocycles. The molecule has 8 nitrogen and oxygen atoms in total. The van der Waals surface area contributed by atoms with Crippen molar-refractivity contribution in [2.75, 3.05) is 6.54 Å². The summed E-state index contributed by atoms with van der Waals surface area (Å²) in [6.45, 7) is 0.873. The summed E-state index contributed by atoms with van der Waals surface area (Å²) in [6, 6.07) is 19.7. The average Bonchev–Trinajstić information content (AvgIpc) is 3.52. The molecule has 32 heavy (non-hydrogen) atoms. The molecule has 162 valence electrons. The van der Waals surface area contributed by atoms with E-state index in [2.05, 4.69) is 44.5 Å². The molecule has 4 aromatic rings. The smallest absolute Gasteiger partial charge is 0.247 e. The maximum atomic E-state index is 13.3. The highest BCUT2D eigenvalue weighted by molar-refractivity contribution is 7.89. The van der Waals surface area contributed by atoms with Crippen LogP contribution in [-0.2, 0) is 16.6 Å². The van der Waals surface area contributed by atoms with Crippen molar-refractivity contribution in [3.63, 3.8) is 0 Å². The zero-order valence-corrected chi connectivity index (χ0v) is 18.1. The van der Waals surface area contributed by atoms with Gasteiger partial charge in [0.1, 0.15) is 6.33 Å². The van der Waals surface area contributed by atoms with E-state index in [0.717, 1.165) is 29.5 Å². The van der Waals surface area contributed by atoms with Crippen molar-refractivity contribution >= 4 is 10.0 Å². The Bertz CT molecular complexity index is 1290. The molecule has 1 unspecified atom stereocenters.